The molecule has 0 saturated heterocycles. The van der Waals surface area contributed by atoms with Gasteiger partial charge in [0.15, 0.2) is 0 Å². The van der Waals surface area contributed by atoms with Crippen molar-refractivity contribution in [2.45, 2.75) is 38.7 Å². The van der Waals surface area contributed by atoms with Crippen LogP contribution in [0.2, 0.25) is 5.02 Å². The van der Waals surface area contributed by atoms with Gasteiger partial charge >= 0.3 is 0 Å². The monoisotopic (exact) mass is 283 g/mol. The van der Waals surface area contributed by atoms with Gasteiger partial charge in [0, 0.05) is 0 Å². The second kappa shape index (κ2) is 5.89. The van der Waals surface area contributed by atoms with Crippen LogP contribution in [0.4, 0.5) is 0 Å². The Morgan fingerprint density at radius 1 is 1.33 bits per heavy atom. The zero-order valence-electron chi connectivity index (χ0n) is 10.5. The Morgan fingerprint density at radius 3 is 2.61 bits per heavy atom. The summed E-state index contributed by atoms with van der Waals surface area (Å²) < 4.78 is 6.02. The van der Waals surface area contributed by atoms with E-state index in [2.05, 4.69) is 6.92 Å². The Hall–Kier alpha value is -0.800. The molecule has 0 atom stereocenters. The van der Waals surface area contributed by atoms with Crippen molar-refractivity contribution in [3.8, 4) is 5.75 Å². The molecule has 0 spiro atoms. The van der Waals surface area contributed by atoms with E-state index in [-0.39, 0.29) is 6.10 Å². The zero-order valence-corrected chi connectivity index (χ0v) is 12.1. The quantitative estimate of drug-likeness (QED) is 0.854. The van der Waals surface area contributed by atoms with E-state index in [1.807, 2.05) is 12.1 Å². The lowest BCUT2D eigenvalue weighted by Gasteiger charge is -2.27. The Kier molecular flexibility index (Phi) is 4.46. The predicted octanol–water partition coefficient (Wildman–Crippen LogP) is 3.93. The molecule has 1 saturated carbocycles. The van der Waals surface area contributed by atoms with Crippen LogP contribution in [0.15, 0.2) is 18.2 Å². The maximum Gasteiger partial charge on any atom is 0.131 e. The Labute approximate surface area is 118 Å². The lowest BCUT2D eigenvalue weighted by atomic mass is 9.89. The van der Waals surface area contributed by atoms with Gasteiger partial charge in [0.05, 0.1) is 16.7 Å². The first-order chi connectivity index (χ1) is 8.58. The highest BCUT2D eigenvalue weighted by atomic mass is 35.5. The highest BCUT2D eigenvalue weighted by Gasteiger charge is 2.21. The molecule has 1 aromatic carbocycles. The van der Waals surface area contributed by atoms with Crippen molar-refractivity contribution in [2.24, 2.45) is 11.7 Å². The summed E-state index contributed by atoms with van der Waals surface area (Å²) in [6.07, 6.45) is 4.86. The number of nitrogens with two attached hydrogens (primary N) is 1. The van der Waals surface area contributed by atoms with Gasteiger partial charge in [0.2, 0.25) is 0 Å². The fourth-order valence-corrected chi connectivity index (χ4v) is 2.90. The fraction of sp³-hybridized carbons (Fsp3) is 0.500. The maximum absolute atomic E-state index is 6.12. The maximum atomic E-state index is 6.12. The van der Waals surface area contributed by atoms with Crippen molar-refractivity contribution in [3.63, 3.8) is 0 Å². The van der Waals surface area contributed by atoms with Crippen LogP contribution in [0, 0.1) is 5.92 Å². The van der Waals surface area contributed by atoms with Crippen LogP contribution in [0.25, 0.3) is 0 Å². The van der Waals surface area contributed by atoms with Crippen molar-refractivity contribution in [1.82, 2.24) is 0 Å². The lowest BCUT2D eigenvalue weighted by Crippen LogP contribution is -2.24. The summed E-state index contributed by atoms with van der Waals surface area (Å²) in [5, 5.41) is 0.559. The van der Waals surface area contributed by atoms with E-state index in [0.29, 0.717) is 15.6 Å². The van der Waals surface area contributed by atoms with Crippen LogP contribution in [-0.2, 0) is 0 Å². The largest absolute Gasteiger partial charge is 0.490 e. The van der Waals surface area contributed by atoms with Gasteiger partial charge in [-0.2, -0.15) is 0 Å². The summed E-state index contributed by atoms with van der Waals surface area (Å²) in [5.41, 5.74) is 6.37. The van der Waals surface area contributed by atoms with Crippen LogP contribution in [0.1, 0.15) is 38.2 Å². The average Bonchev–Trinajstić information content (AvgIpc) is 2.32. The number of halogens is 1. The standard InChI is InChI=1S/C14H18ClNOS/c1-9-5-7-10(8-6-9)17-12-4-2-3-11(15)13(12)14(16)18/h2-4,9-10H,5-8H2,1H3,(H2,16,18). The molecule has 0 bridgehead atoms. The third-order valence-electron chi connectivity index (χ3n) is 3.48. The minimum absolute atomic E-state index is 0.257. The second-order valence-corrected chi connectivity index (χ2v) is 5.82. The van der Waals surface area contributed by atoms with Crippen LogP contribution < -0.4 is 10.5 Å². The summed E-state index contributed by atoms with van der Waals surface area (Å²) >= 11 is 11.2. The van der Waals surface area contributed by atoms with Gasteiger partial charge in [0.25, 0.3) is 0 Å². The van der Waals surface area contributed by atoms with Crippen molar-refractivity contribution in [3.05, 3.63) is 28.8 Å². The minimum Gasteiger partial charge on any atom is -0.490 e. The van der Waals surface area contributed by atoms with Gasteiger partial charge < -0.3 is 10.5 Å². The summed E-state index contributed by atoms with van der Waals surface area (Å²) in [4.78, 5) is 0.291. The van der Waals surface area contributed by atoms with Crippen LogP contribution in [0.3, 0.4) is 0 Å². The summed E-state index contributed by atoms with van der Waals surface area (Å²) in [7, 11) is 0. The molecule has 2 nitrogen and oxygen atoms in total. The molecule has 2 rings (SSSR count). The van der Waals surface area contributed by atoms with E-state index in [1.165, 1.54) is 12.8 Å². The molecule has 0 unspecified atom stereocenters. The van der Waals surface area contributed by atoms with E-state index in [0.717, 1.165) is 24.5 Å². The van der Waals surface area contributed by atoms with Crippen LogP contribution in [-0.4, -0.2) is 11.1 Å². The molecule has 18 heavy (non-hydrogen) atoms. The van der Waals surface area contributed by atoms with Crippen molar-refractivity contribution in [1.29, 1.82) is 0 Å². The third kappa shape index (κ3) is 3.15. The molecule has 4 heteroatoms. The van der Waals surface area contributed by atoms with Gasteiger partial charge in [-0.05, 0) is 43.7 Å². The van der Waals surface area contributed by atoms with Crippen LogP contribution >= 0.6 is 23.8 Å². The van der Waals surface area contributed by atoms with E-state index < -0.39 is 0 Å². The lowest BCUT2D eigenvalue weighted by molar-refractivity contribution is 0.135. The molecular weight excluding hydrogens is 266 g/mol. The van der Waals surface area contributed by atoms with Gasteiger partial charge in [-0.25, -0.2) is 0 Å². The van der Waals surface area contributed by atoms with Gasteiger partial charge in [-0.1, -0.05) is 36.8 Å². The molecule has 1 aliphatic rings. The number of rotatable bonds is 3. The fourth-order valence-electron chi connectivity index (χ4n) is 2.37. The molecule has 2 N–H and O–H groups in total. The highest BCUT2D eigenvalue weighted by molar-refractivity contribution is 7.80. The minimum atomic E-state index is 0.257. The first-order valence-electron chi connectivity index (χ1n) is 6.33. The summed E-state index contributed by atoms with van der Waals surface area (Å²) in [5.74, 6) is 1.52. The highest BCUT2D eigenvalue weighted by Crippen LogP contribution is 2.31. The number of benzene rings is 1. The molecule has 0 heterocycles. The van der Waals surface area contributed by atoms with Gasteiger partial charge in [-0.15, -0.1) is 0 Å². The Morgan fingerprint density at radius 2 is 2.00 bits per heavy atom. The third-order valence-corrected chi connectivity index (χ3v) is 4.00. The van der Waals surface area contributed by atoms with Gasteiger partial charge in [0.1, 0.15) is 10.7 Å². The van der Waals surface area contributed by atoms with Crippen molar-refractivity contribution in [2.75, 3.05) is 0 Å². The van der Waals surface area contributed by atoms with E-state index >= 15 is 0 Å². The number of ether oxygens (including phenoxy) is 1. The Balaban J connectivity index is 2.14. The van der Waals surface area contributed by atoms with E-state index in [4.69, 9.17) is 34.3 Å². The van der Waals surface area contributed by atoms with Crippen molar-refractivity contribution >= 4 is 28.8 Å². The molecule has 1 aliphatic carbocycles. The summed E-state index contributed by atoms with van der Waals surface area (Å²) in [6.45, 7) is 2.29. The normalized spacial score (nSPS) is 23.7. The molecule has 1 aromatic rings. The second-order valence-electron chi connectivity index (χ2n) is 4.98. The molecule has 0 amide bonds. The first-order valence-corrected chi connectivity index (χ1v) is 7.11. The molecule has 0 aliphatic heterocycles. The topological polar surface area (TPSA) is 35.2 Å². The molecule has 0 radical (unpaired) electrons. The smallest absolute Gasteiger partial charge is 0.131 e. The number of hydrogen-bond donors (Lipinski definition) is 1. The van der Waals surface area contributed by atoms with Gasteiger partial charge in [-0.3, -0.25) is 0 Å². The molecule has 0 aromatic heterocycles. The average molecular weight is 284 g/mol. The van der Waals surface area contributed by atoms with Crippen LogP contribution in [0.5, 0.6) is 5.75 Å². The molecule has 1 fully saturated rings. The molecule has 98 valence electrons. The number of thiocarbonyl (C=S) groups is 1. The van der Waals surface area contributed by atoms with E-state index in [1.54, 1.807) is 6.07 Å². The first kappa shape index (κ1) is 13.6. The predicted molar refractivity (Wildman–Crippen MR) is 79.4 cm³/mol. The molecular formula is C14H18ClNOS. The Bertz CT molecular complexity index is 441. The zero-order chi connectivity index (χ0) is 13.1. The summed E-state index contributed by atoms with van der Waals surface area (Å²) in [6, 6.07) is 5.54. The van der Waals surface area contributed by atoms with Crippen molar-refractivity contribution < 1.29 is 4.74 Å². The number of hydrogen-bond acceptors (Lipinski definition) is 2. The SMILES string of the molecule is CC1CCC(Oc2cccc(Cl)c2C(N)=S)CC1. The van der Waals surface area contributed by atoms with E-state index in [9.17, 15) is 0 Å².